The summed E-state index contributed by atoms with van der Waals surface area (Å²) < 4.78 is 2.00. The molecule has 0 fully saturated rings. The zero-order valence-electron chi connectivity index (χ0n) is 10.1. The first-order valence-electron chi connectivity index (χ1n) is 5.71. The normalized spacial score (nSPS) is 10.8. The van der Waals surface area contributed by atoms with Gasteiger partial charge in [0.1, 0.15) is 0 Å². The molecule has 2 aromatic rings. The number of hydrogen-bond acceptors (Lipinski definition) is 2. The number of aryl methyl sites for hydroxylation is 1. The molecule has 1 heterocycles. The molecular weight excluding hydrogens is 234 g/mol. The molecule has 0 saturated heterocycles. The van der Waals surface area contributed by atoms with Crippen molar-refractivity contribution in [1.82, 2.24) is 9.78 Å². The summed E-state index contributed by atoms with van der Waals surface area (Å²) in [4.78, 5) is 0. The molecule has 2 N–H and O–H groups in total. The molecule has 0 saturated carbocycles. The third-order valence-corrected chi connectivity index (χ3v) is 3.13. The van der Waals surface area contributed by atoms with E-state index in [1.807, 2.05) is 23.0 Å². The largest absolute Gasteiger partial charge is 0.399 e. The second kappa shape index (κ2) is 4.80. The smallest absolute Gasteiger partial charge is 0.0571 e. The van der Waals surface area contributed by atoms with E-state index in [2.05, 4.69) is 18.9 Å². The highest BCUT2D eigenvalue weighted by molar-refractivity contribution is 6.33. The minimum Gasteiger partial charge on any atom is -0.399 e. The third-order valence-electron chi connectivity index (χ3n) is 2.82. The van der Waals surface area contributed by atoms with Crippen LogP contribution in [0.4, 0.5) is 5.69 Å². The van der Waals surface area contributed by atoms with Crippen LogP contribution < -0.4 is 5.73 Å². The Morgan fingerprint density at radius 3 is 2.76 bits per heavy atom. The Balaban J connectivity index is 2.46. The number of anilines is 1. The lowest BCUT2D eigenvalue weighted by Crippen LogP contribution is -2.00. The van der Waals surface area contributed by atoms with Gasteiger partial charge < -0.3 is 5.73 Å². The molecule has 0 spiro atoms. The summed E-state index contributed by atoms with van der Waals surface area (Å²) in [7, 11) is 0. The van der Waals surface area contributed by atoms with Gasteiger partial charge in [-0.05, 0) is 25.5 Å². The van der Waals surface area contributed by atoms with Gasteiger partial charge in [0.25, 0.3) is 0 Å². The minimum atomic E-state index is 0.671. The molecule has 0 amide bonds. The Bertz CT molecular complexity index is 531. The molecule has 1 aromatic carbocycles. The number of hydrogen-bond donors (Lipinski definition) is 1. The van der Waals surface area contributed by atoms with Crippen LogP contribution in [-0.2, 0) is 6.54 Å². The summed E-state index contributed by atoms with van der Waals surface area (Å²) in [5.41, 5.74) is 9.57. The Hall–Kier alpha value is -1.48. The highest BCUT2D eigenvalue weighted by Gasteiger charge is 2.11. The van der Waals surface area contributed by atoms with Gasteiger partial charge in [0.05, 0.1) is 11.2 Å². The van der Waals surface area contributed by atoms with Crippen molar-refractivity contribution < 1.29 is 0 Å². The van der Waals surface area contributed by atoms with Gasteiger partial charge in [0.2, 0.25) is 0 Å². The van der Waals surface area contributed by atoms with Crippen molar-refractivity contribution in [3.63, 3.8) is 0 Å². The van der Waals surface area contributed by atoms with Crippen LogP contribution in [0.25, 0.3) is 11.1 Å². The highest BCUT2D eigenvalue weighted by atomic mass is 35.5. The number of halogens is 1. The number of nitrogen functional groups attached to an aromatic ring is 1. The van der Waals surface area contributed by atoms with Gasteiger partial charge >= 0.3 is 0 Å². The van der Waals surface area contributed by atoms with Crippen LogP contribution in [0, 0.1) is 6.92 Å². The summed E-state index contributed by atoms with van der Waals surface area (Å²) >= 11 is 6.21. The summed E-state index contributed by atoms with van der Waals surface area (Å²) in [5.74, 6) is 0. The number of rotatable bonds is 3. The fourth-order valence-electron chi connectivity index (χ4n) is 1.90. The number of aromatic nitrogens is 2. The first-order valence-corrected chi connectivity index (χ1v) is 6.09. The molecule has 4 heteroatoms. The Labute approximate surface area is 106 Å². The number of nitrogens with zero attached hydrogens (tertiary/aromatic N) is 2. The molecule has 90 valence electrons. The van der Waals surface area contributed by atoms with Gasteiger partial charge in [-0.3, -0.25) is 4.68 Å². The van der Waals surface area contributed by atoms with Crippen molar-refractivity contribution in [2.45, 2.75) is 26.8 Å². The predicted molar refractivity (Wildman–Crippen MR) is 72.1 cm³/mol. The van der Waals surface area contributed by atoms with Crippen molar-refractivity contribution in [1.29, 1.82) is 0 Å². The summed E-state index contributed by atoms with van der Waals surface area (Å²) in [6.07, 6.45) is 2.93. The Morgan fingerprint density at radius 1 is 1.35 bits per heavy atom. The van der Waals surface area contributed by atoms with Crippen LogP contribution in [0.3, 0.4) is 0 Å². The summed E-state index contributed by atoms with van der Waals surface area (Å²) in [6.45, 7) is 5.13. The van der Waals surface area contributed by atoms with E-state index in [9.17, 15) is 0 Å². The highest BCUT2D eigenvalue weighted by Crippen LogP contribution is 2.31. The fourth-order valence-corrected chi connectivity index (χ4v) is 2.19. The quantitative estimate of drug-likeness (QED) is 0.846. The first kappa shape index (κ1) is 12.0. The molecule has 1 aromatic heterocycles. The second-order valence-electron chi connectivity index (χ2n) is 4.11. The van der Waals surface area contributed by atoms with E-state index in [1.165, 1.54) is 0 Å². The molecule has 0 aliphatic heterocycles. The van der Waals surface area contributed by atoms with E-state index in [0.29, 0.717) is 10.7 Å². The van der Waals surface area contributed by atoms with Gasteiger partial charge in [0, 0.05) is 29.1 Å². The number of nitrogens with two attached hydrogens (primary N) is 1. The van der Waals surface area contributed by atoms with E-state index < -0.39 is 0 Å². The van der Waals surface area contributed by atoms with Crippen LogP contribution >= 0.6 is 11.6 Å². The molecular formula is C13H16ClN3. The van der Waals surface area contributed by atoms with E-state index in [-0.39, 0.29) is 0 Å². The molecule has 3 nitrogen and oxygen atoms in total. The monoisotopic (exact) mass is 249 g/mol. The molecule has 0 unspecified atom stereocenters. The van der Waals surface area contributed by atoms with E-state index in [0.717, 1.165) is 29.8 Å². The Kier molecular flexibility index (Phi) is 3.38. The molecule has 0 bridgehead atoms. The first-order chi connectivity index (χ1) is 8.13. The fraction of sp³-hybridized carbons (Fsp3) is 0.308. The van der Waals surface area contributed by atoms with E-state index in [1.54, 1.807) is 6.07 Å². The number of benzene rings is 1. The summed E-state index contributed by atoms with van der Waals surface area (Å²) in [6, 6.07) is 5.57. The van der Waals surface area contributed by atoms with Crippen molar-refractivity contribution in [2.24, 2.45) is 0 Å². The van der Waals surface area contributed by atoms with Crippen molar-refractivity contribution >= 4 is 17.3 Å². The zero-order chi connectivity index (χ0) is 12.4. The van der Waals surface area contributed by atoms with Crippen molar-refractivity contribution in [3.8, 4) is 11.1 Å². The molecule has 2 rings (SSSR count). The molecule has 0 atom stereocenters. The maximum absolute atomic E-state index is 6.21. The average molecular weight is 250 g/mol. The maximum Gasteiger partial charge on any atom is 0.0571 e. The summed E-state index contributed by atoms with van der Waals surface area (Å²) in [5, 5.41) is 5.04. The van der Waals surface area contributed by atoms with E-state index >= 15 is 0 Å². The third kappa shape index (κ3) is 2.29. The van der Waals surface area contributed by atoms with Gasteiger partial charge in [-0.25, -0.2) is 0 Å². The van der Waals surface area contributed by atoms with Crippen LogP contribution in [-0.4, -0.2) is 9.78 Å². The standard InChI is InChI=1S/C13H16ClN3/c1-3-6-17-9(2)12(8-16-17)11-5-4-10(15)7-13(11)14/h4-5,7-8H,3,6,15H2,1-2H3. The molecule has 0 aliphatic rings. The van der Waals surface area contributed by atoms with Gasteiger partial charge in [-0.1, -0.05) is 24.6 Å². The zero-order valence-corrected chi connectivity index (χ0v) is 10.8. The van der Waals surface area contributed by atoms with Gasteiger partial charge in [-0.2, -0.15) is 5.10 Å². The Morgan fingerprint density at radius 2 is 2.12 bits per heavy atom. The minimum absolute atomic E-state index is 0.671. The average Bonchev–Trinajstić information content (AvgIpc) is 2.62. The lowest BCUT2D eigenvalue weighted by atomic mass is 10.1. The van der Waals surface area contributed by atoms with Gasteiger partial charge in [-0.15, -0.1) is 0 Å². The van der Waals surface area contributed by atoms with Gasteiger partial charge in [0.15, 0.2) is 0 Å². The topological polar surface area (TPSA) is 43.8 Å². The van der Waals surface area contributed by atoms with Crippen LogP contribution in [0.1, 0.15) is 19.0 Å². The van der Waals surface area contributed by atoms with Crippen molar-refractivity contribution in [3.05, 3.63) is 35.1 Å². The van der Waals surface area contributed by atoms with E-state index in [4.69, 9.17) is 17.3 Å². The lowest BCUT2D eigenvalue weighted by molar-refractivity contribution is 0.587. The SMILES string of the molecule is CCCn1ncc(-c2ccc(N)cc2Cl)c1C. The van der Waals surface area contributed by atoms with Crippen molar-refractivity contribution in [2.75, 3.05) is 5.73 Å². The van der Waals surface area contributed by atoms with Crippen LogP contribution in [0.15, 0.2) is 24.4 Å². The molecule has 0 aliphatic carbocycles. The molecule has 0 radical (unpaired) electrons. The molecule has 17 heavy (non-hydrogen) atoms. The van der Waals surface area contributed by atoms with Crippen LogP contribution in [0.2, 0.25) is 5.02 Å². The maximum atomic E-state index is 6.21. The lowest BCUT2D eigenvalue weighted by Gasteiger charge is -2.06. The predicted octanol–water partition coefficient (Wildman–Crippen LogP) is 3.50. The van der Waals surface area contributed by atoms with Crippen LogP contribution in [0.5, 0.6) is 0 Å². The second-order valence-corrected chi connectivity index (χ2v) is 4.51.